The van der Waals surface area contributed by atoms with Gasteiger partial charge in [-0.2, -0.15) is 0 Å². The number of nitrogens with zero attached hydrogens (tertiary/aromatic N) is 2. The molecule has 1 aliphatic heterocycles. The van der Waals surface area contributed by atoms with Crippen molar-refractivity contribution in [2.24, 2.45) is 5.92 Å². The van der Waals surface area contributed by atoms with Crippen LogP contribution in [0.15, 0.2) is 18.2 Å². The quantitative estimate of drug-likeness (QED) is 0.720. The van der Waals surface area contributed by atoms with Crippen LogP contribution in [-0.4, -0.2) is 60.1 Å². The van der Waals surface area contributed by atoms with Gasteiger partial charge in [0.05, 0.1) is 12.1 Å². The molecule has 0 spiro atoms. The second kappa shape index (κ2) is 8.11. The Labute approximate surface area is 166 Å². The lowest BCUT2D eigenvalue weighted by molar-refractivity contribution is -0.139. The Balaban J connectivity index is 1.36. The van der Waals surface area contributed by atoms with Crippen molar-refractivity contribution in [3.8, 4) is 0 Å². The Hall–Kier alpha value is -2.08. The van der Waals surface area contributed by atoms with E-state index in [9.17, 15) is 14.7 Å². The minimum atomic E-state index is -0.761. The molecule has 0 bridgehead atoms. The van der Waals surface area contributed by atoms with Crippen molar-refractivity contribution in [3.63, 3.8) is 0 Å². The Kier molecular flexibility index (Phi) is 5.58. The summed E-state index contributed by atoms with van der Waals surface area (Å²) in [6.07, 6.45) is 6.48. The van der Waals surface area contributed by atoms with E-state index in [0.717, 1.165) is 49.3 Å². The van der Waals surface area contributed by atoms with Crippen LogP contribution < -0.4 is 10.2 Å². The second-order valence-electron chi connectivity index (χ2n) is 8.78. The van der Waals surface area contributed by atoms with E-state index in [1.807, 2.05) is 13.0 Å². The molecular formula is C22H31N3O3. The largest absolute Gasteiger partial charge is 0.480 e. The minimum absolute atomic E-state index is 0.000951. The fourth-order valence-electron chi connectivity index (χ4n) is 4.48. The Morgan fingerprint density at radius 1 is 1.21 bits per heavy atom. The molecular weight excluding hydrogens is 354 g/mol. The molecule has 1 aromatic rings. The number of carbonyl (C=O) groups excluding carboxylic acids is 1. The lowest BCUT2D eigenvalue weighted by Crippen LogP contribution is -2.55. The highest BCUT2D eigenvalue weighted by molar-refractivity contribution is 6.00. The SMILES string of the molecule is Cc1ccc(N2CCCC2)c(C(=O)NC2CC(N(CC(=O)O)CC3CC3)C2)c1. The van der Waals surface area contributed by atoms with Gasteiger partial charge in [0, 0.05) is 37.4 Å². The number of carbonyl (C=O) groups is 2. The average Bonchev–Trinajstić information content (AvgIpc) is 3.26. The van der Waals surface area contributed by atoms with Crippen molar-refractivity contribution in [2.75, 3.05) is 31.1 Å². The molecule has 0 atom stereocenters. The molecule has 1 aromatic carbocycles. The first kappa shape index (κ1) is 19.2. The van der Waals surface area contributed by atoms with Gasteiger partial charge in [-0.1, -0.05) is 11.6 Å². The van der Waals surface area contributed by atoms with Crippen molar-refractivity contribution in [3.05, 3.63) is 29.3 Å². The van der Waals surface area contributed by atoms with Crippen molar-refractivity contribution in [1.29, 1.82) is 0 Å². The summed E-state index contributed by atoms with van der Waals surface area (Å²) in [5.74, 6) is -0.0903. The highest BCUT2D eigenvalue weighted by atomic mass is 16.4. The molecule has 2 N–H and O–H groups in total. The van der Waals surface area contributed by atoms with Crippen molar-refractivity contribution < 1.29 is 14.7 Å². The van der Waals surface area contributed by atoms with Crippen LogP contribution in [0.3, 0.4) is 0 Å². The molecule has 3 aliphatic rings. The second-order valence-corrected chi connectivity index (χ2v) is 8.78. The van der Waals surface area contributed by atoms with Crippen LogP contribution in [-0.2, 0) is 4.79 Å². The van der Waals surface area contributed by atoms with Gasteiger partial charge in [-0.05, 0) is 63.5 Å². The third kappa shape index (κ3) is 4.49. The van der Waals surface area contributed by atoms with Gasteiger partial charge in [-0.25, -0.2) is 0 Å². The lowest BCUT2D eigenvalue weighted by Gasteiger charge is -2.42. The van der Waals surface area contributed by atoms with E-state index in [2.05, 4.69) is 27.2 Å². The summed E-state index contributed by atoms with van der Waals surface area (Å²) >= 11 is 0. The summed E-state index contributed by atoms with van der Waals surface area (Å²) in [6, 6.07) is 6.55. The zero-order valence-corrected chi connectivity index (χ0v) is 16.7. The Morgan fingerprint density at radius 3 is 2.57 bits per heavy atom. The predicted octanol–water partition coefficient (Wildman–Crippen LogP) is 2.65. The fraction of sp³-hybridized carbons (Fsp3) is 0.636. The number of anilines is 1. The number of carboxylic acid groups (broad SMARTS) is 1. The zero-order valence-electron chi connectivity index (χ0n) is 16.7. The third-order valence-corrected chi connectivity index (χ3v) is 6.34. The van der Waals surface area contributed by atoms with Crippen LogP contribution >= 0.6 is 0 Å². The minimum Gasteiger partial charge on any atom is -0.480 e. The first-order valence-corrected chi connectivity index (χ1v) is 10.6. The Morgan fingerprint density at radius 2 is 1.93 bits per heavy atom. The van der Waals surface area contributed by atoms with E-state index in [-0.39, 0.29) is 24.5 Å². The van der Waals surface area contributed by atoms with Crippen molar-refractivity contribution in [2.45, 2.75) is 57.5 Å². The van der Waals surface area contributed by atoms with Crippen LogP contribution in [0.1, 0.15) is 54.4 Å². The first-order valence-electron chi connectivity index (χ1n) is 10.6. The van der Waals surface area contributed by atoms with Gasteiger partial charge in [0.2, 0.25) is 0 Å². The van der Waals surface area contributed by atoms with E-state index < -0.39 is 5.97 Å². The van der Waals surface area contributed by atoms with Crippen molar-refractivity contribution >= 4 is 17.6 Å². The van der Waals surface area contributed by atoms with Gasteiger partial charge < -0.3 is 15.3 Å². The Bertz CT molecular complexity index is 735. The standard InChI is InChI=1S/C22H31N3O3/c1-15-4-7-20(24-8-2-3-9-24)19(10-15)22(28)23-17-11-18(12-17)25(14-21(26)27)13-16-5-6-16/h4,7,10,16-18H,2-3,5-6,8-9,11-14H2,1H3,(H,23,28)(H,26,27). The normalized spacial score (nSPS) is 24.3. The number of rotatable bonds is 8. The van der Waals surface area contributed by atoms with Crippen LogP contribution in [0, 0.1) is 12.8 Å². The van der Waals surface area contributed by atoms with Gasteiger partial charge in [0.25, 0.3) is 5.91 Å². The zero-order chi connectivity index (χ0) is 19.7. The van der Waals surface area contributed by atoms with E-state index >= 15 is 0 Å². The van der Waals surface area contributed by atoms with Gasteiger partial charge >= 0.3 is 5.97 Å². The number of nitrogens with one attached hydrogen (secondary N) is 1. The molecule has 1 heterocycles. The number of carboxylic acids is 1. The molecule has 2 aliphatic carbocycles. The van der Waals surface area contributed by atoms with Gasteiger partial charge in [-0.3, -0.25) is 14.5 Å². The van der Waals surface area contributed by atoms with E-state index in [1.165, 1.54) is 25.7 Å². The third-order valence-electron chi connectivity index (χ3n) is 6.34. The van der Waals surface area contributed by atoms with E-state index in [1.54, 1.807) is 0 Å². The fourth-order valence-corrected chi connectivity index (χ4v) is 4.48. The summed E-state index contributed by atoms with van der Waals surface area (Å²) in [7, 11) is 0. The molecule has 0 radical (unpaired) electrons. The summed E-state index contributed by atoms with van der Waals surface area (Å²) < 4.78 is 0. The molecule has 2 saturated carbocycles. The van der Waals surface area contributed by atoms with Crippen LogP contribution in [0.25, 0.3) is 0 Å². The molecule has 152 valence electrons. The summed E-state index contributed by atoms with van der Waals surface area (Å²) in [5, 5.41) is 12.4. The van der Waals surface area contributed by atoms with Crippen molar-refractivity contribution in [1.82, 2.24) is 10.2 Å². The average molecular weight is 386 g/mol. The topological polar surface area (TPSA) is 72.9 Å². The number of hydrogen-bond acceptors (Lipinski definition) is 4. The molecule has 1 saturated heterocycles. The lowest BCUT2D eigenvalue weighted by atomic mass is 9.85. The van der Waals surface area contributed by atoms with Gasteiger partial charge in [-0.15, -0.1) is 0 Å². The van der Waals surface area contributed by atoms with Gasteiger partial charge in [0.1, 0.15) is 0 Å². The first-order chi connectivity index (χ1) is 13.5. The summed E-state index contributed by atoms with van der Waals surface area (Å²) in [6.45, 7) is 5.04. The van der Waals surface area contributed by atoms with E-state index in [4.69, 9.17) is 0 Å². The van der Waals surface area contributed by atoms with Crippen LogP contribution in [0.4, 0.5) is 5.69 Å². The predicted molar refractivity (Wildman–Crippen MR) is 109 cm³/mol. The van der Waals surface area contributed by atoms with Gasteiger partial charge in [0.15, 0.2) is 0 Å². The summed E-state index contributed by atoms with van der Waals surface area (Å²) in [5.41, 5.74) is 2.90. The maximum Gasteiger partial charge on any atom is 0.317 e. The smallest absolute Gasteiger partial charge is 0.317 e. The summed E-state index contributed by atoms with van der Waals surface area (Å²) in [4.78, 5) is 28.6. The number of aliphatic carboxylic acids is 1. The molecule has 4 rings (SSSR count). The molecule has 28 heavy (non-hydrogen) atoms. The molecule has 0 aromatic heterocycles. The van der Waals surface area contributed by atoms with Crippen LogP contribution in [0.2, 0.25) is 0 Å². The molecule has 3 fully saturated rings. The maximum absolute atomic E-state index is 13.0. The number of hydrogen-bond donors (Lipinski definition) is 2. The van der Waals surface area contributed by atoms with Crippen LogP contribution in [0.5, 0.6) is 0 Å². The highest BCUT2D eigenvalue weighted by Gasteiger charge is 2.38. The number of amides is 1. The molecule has 1 amide bonds. The maximum atomic E-state index is 13.0. The molecule has 0 unspecified atom stereocenters. The molecule has 6 nitrogen and oxygen atoms in total. The number of benzene rings is 1. The number of aryl methyl sites for hydroxylation is 1. The highest BCUT2D eigenvalue weighted by Crippen LogP contribution is 2.34. The monoisotopic (exact) mass is 385 g/mol. The van der Waals surface area contributed by atoms with E-state index in [0.29, 0.717) is 5.92 Å². The molecule has 6 heteroatoms.